The van der Waals surface area contributed by atoms with Crippen LogP contribution in [-0.2, 0) is 4.74 Å². The molecule has 1 atom stereocenters. The normalized spacial score (nSPS) is 18.1. The van der Waals surface area contributed by atoms with Crippen LogP contribution in [-0.4, -0.2) is 19.0 Å². The van der Waals surface area contributed by atoms with Crippen molar-refractivity contribution < 1.29 is 14.3 Å². The molecular formula is C16H16O3S. The highest BCUT2D eigenvalue weighted by atomic mass is 32.2. The van der Waals surface area contributed by atoms with E-state index in [0.717, 1.165) is 23.1 Å². The first-order valence-corrected chi connectivity index (χ1v) is 7.73. The van der Waals surface area contributed by atoms with Crippen LogP contribution in [0.25, 0.3) is 10.8 Å². The third kappa shape index (κ3) is 2.48. The van der Waals surface area contributed by atoms with E-state index in [0.29, 0.717) is 11.0 Å². The maximum absolute atomic E-state index is 11.4. The standard InChI is InChI=1S/C16H16O3S/c1-18-16(17)19-13-9-8-11-5-2-3-6-12(11)15(13)14-7-4-10-20-14/h2-3,5-6,8-9,14H,4,7,10H2,1H3. The fourth-order valence-corrected chi connectivity index (χ4v) is 3.99. The summed E-state index contributed by atoms with van der Waals surface area (Å²) in [5.74, 6) is 1.78. The third-order valence-corrected chi connectivity index (χ3v) is 4.94. The van der Waals surface area contributed by atoms with E-state index in [1.54, 1.807) is 0 Å². The number of hydrogen-bond donors (Lipinski definition) is 0. The van der Waals surface area contributed by atoms with Crippen LogP contribution in [0.1, 0.15) is 23.7 Å². The van der Waals surface area contributed by atoms with E-state index in [4.69, 9.17) is 4.74 Å². The van der Waals surface area contributed by atoms with E-state index in [-0.39, 0.29) is 0 Å². The van der Waals surface area contributed by atoms with Crippen LogP contribution < -0.4 is 4.74 Å². The molecule has 0 aliphatic carbocycles. The van der Waals surface area contributed by atoms with Gasteiger partial charge in [-0.25, -0.2) is 4.79 Å². The molecule has 20 heavy (non-hydrogen) atoms. The van der Waals surface area contributed by atoms with Gasteiger partial charge in [0, 0.05) is 10.8 Å². The average molecular weight is 288 g/mol. The first-order chi connectivity index (χ1) is 9.79. The van der Waals surface area contributed by atoms with Gasteiger partial charge in [-0.15, -0.1) is 0 Å². The number of ether oxygens (including phenoxy) is 2. The monoisotopic (exact) mass is 288 g/mol. The summed E-state index contributed by atoms with van der Waals surface area (Å²) in [6.45, 7) is 0. The number of hydrogen-bond acceptors (Lipinski definition) is 4. The Balaban J connectivity index is 2.12. The van der Waals surface area contributed by atoms with Crippen LogP contribution in [0.2, 0.25) is 0 Å². The zero-order valence-electron chi connectivity index (χ0n) is 11.3. The molecule has 3 rings (SSSR count). The topological polar surface area (TPSA) is 35.5 Å². The summed E-state index contributed by atoms with van der Waals surface area (Å²) in [6.07, 6.45) is 1.66. The van der Waals surface area contributed by atoms with Crippen LogP contribution in [0, 0.1) is 0 Å². The summed E-state index contributed by atoms with van der Waals surface area (Å²) in [6, 6.07) is 12.1. The summed E-state index contributed by atoms with van der Waals surface area (Å²) in [7, 11) is 1.33. The Hall–Kier alpha value is -1.68. The molecule has 1 unspecified atom stereocenters. The second-order valence-electron chi connectivity index (χ2n) is 4.76. The van der Waals surface area contributed by atoms with Gasteiger partial charge >= 0.3 is 6.16 Å². The van der Waals surface area contributed by atoms with Gasteiger partial charge in [0.2, 0.25) is 0 Å². The van der Waals surface area contributed by atoms with Crippen LogP contribution in [0.3, 0.4) is 0 Å². The first kappa shape index (κ1) is 13.3. The fraction of sp³-hybridized carbons (Fsp3) is 0.312. The Morgan fingerprint density at radius 1 is 1.25 bits per heavy atom. The Kier molecular flexibility index (Phi) is 3.83. The molecule has 4 heteroatoms. The minimum atomic E-state index is -0.662. The van der Waals surface area contributed by atoms with Crippen molar-refractivity contribution in [2.45, 2.75) is 18.1 Å². The van der Waals surface area contributed by atoms with E-state index < -0.39 is 6.16 Å². The lowest BCUT2D eigenvalue weighted by molar-refractivity contribution is 0.121. The molecule has 3 nitrogen and oxygen atoms in total. The highest BCUT2D eigenvalue weighted by Crippen LogP contribution is 2.46. The summed E-state index contributed by atoms with van der Waals surface area (Å²) in [4.78, 5) is 11.4. The number of benzene rings is 2. The molecule has 2 aromatic rings. The summed E-state index contributed by atoms with van der Waals surface area (Å²) in [5.41, 5.74) is 1.12. The van der Waals surface area contributed by atoms with Crippen molar-refractivity contribution in [1.82, 2.24) is 0 Å². The largest absolute Gasteiger partial charge is 0.513 e. The second-order valence-corrected chi connectivity index (χ2v) is 6.07. The SMILES string of the molecule is COC(=O)Oc1ccc2ccccc2c1C1CCCS1. The second kappa shape index (κ2) is 5.75. The van der Waals surface area contributed by atoms with Crippen molar-refractivity contribution in [2.24, 2.45) is 0 Å². The van der Waals surface area contributed by atoms with Gasteiger partial charge in [-0.1, -0.05) is 30.3 Å². The van der Waals surface area contributed by atoms with Crippen molar-refractivity contribution in [3.05, 3.63) is 42.0 Å². The Morgan fingerprint density at radius 2 is 2.10 bits per heavy atom. The molecule has 0 aromatic heterocycles. The van der Waals surface area contributed by atoms with E-state index in [9.17, 15) is 4.79 Å². The van der Waals surface area contributed by atoms with Gasteiger partial charge in [0.25, 0.3) is 0 Å². The smallest absolute Gasteiger partial charge is 0.437 e. The molecule has 0 bridgehead atoms. The van der Waals surface area contributed by atoms with Crippen molar-refractivity contribution in [3.63, 3.8) is 0 Å². The zero-order chi connectivity index (χ0) is 13.9. The van der Waals surface area contributed by atoms with Crippen LogP contribution in [0.15, 0.2) is 36.4 Å². The van der Waals surface area contributed by atoms with Gasteiger partial charge in [-0.05, 0) is 35.4 Å². The van der Waals surface area contributed by atoms with Crippen LogP contribution >= 0.6 is 11.8 Å². The van der Waals surface area contributed by atoms with Gasteiger partial charge < -0.3 is 9.47 Å². The minimum Gasteiger partial charge on any atom is -0.437 e. The number of methoxy groups -OCH3 is 1. The van der Waals surface area contributed by atoms with Crippen LogP contribution in [0.4, 0.5) is 4.79 Å². The average Bonchev–Trinajstić information content (AvgIpc) is 3.00. The fourth-order valence-electron chi connectivity index (χ4n) is 2.63. The molecule has 1 fully saturated rings. The van der Waals surface area contributed by atoms with Crippen molar-refractivity contribution in [3.8, 4) is 5.75 Å². The summed E-state index contributed by atoms with van der Waals surface area (Å²) >= 11 is 1.93. The van der Waals surface area contributed by atoms with E-state index in [1.807, 2.05) is 36.0 Å². The lowest BCUT2D eigenvalue weighted by atomic mass is 9.99. The molecule has 0 spiro atoms. The van der Waals surface area contributed by atoms with Gasteiger partial charge in [-0.3, -0.25) is 0 Å². The third-order valence-electron chi connectivity index (χ3n) is 3.54. The van der Waals surface area contributed by atoms with E-state index in [1.165, 1.54) is 18.9 Å². The number of carbonyl (C=O) groups is 1. The first-order valence-electron chi connectivity index (χ1n) is 6.68. The summed E-state index contributed by atoms with van der Waals surface area (Å²) in [5, 5.41) is 2.72. The molecule has 1 aliphatic heterocycles. The predicted octanol–water partition coefficient (Wildman–Crippen LogP) is 4.55. The number of carbonyl (C=O) groups excluding carboxylic acids is 1. The molecule has 1 heterocycles. The Bertz CT molecular complexity index is 633. The maximum Gasteiger partial charge on any atom is 0.513 e. The number of fused-ring (bicyclic) bond motifs is 1. The molecule has 0 saturated carbocycles. The van der Waals surface area contributed by atoms with Gasteiger partial charge in [0.05, 0.1) is 7.11 Å². The predicted molar refractivity (Wildman–Crippen MR) is 81.4 cm³/mol. The number of thioether (sulfide) groups is 1. The lowest BCUT2D eigenvalue weighted by Crippen LogP contribution is -2.09. The molecule has 104 valence electrons. The van der Waals surface area contributed by atoms with Gasteiger partial charge in [0.1, 0.15) is 5.75 Å². The van der Waals surface area contributed by atoms with E-state index >= 15 is 0 Å². The van der Waals surface area contributed by atoms with Crippen molar-refractivity contribution >= 4 is 28.7 Å². The van der Waals surface area contributed by atoms with Crippen molar-refractivity contribution in [1.29, 1.82) is 0 Å². The molecule has 0 N–H and O–H groups in total. The number of rotatable bonds is 2. The lowest BCUT2D eigenvalue weighted by Gasteiger charge is -2.17. The summed E-state index contributed by atoms with van der Waals surface area (Å²) < 4.78 is 9.96. The molecule has 1 saturated heterocycles. The Morgan fingerprint density at radius 3 is 2.85 bits per heavy atom. The van der Waals surface area contributed by atoms with Gasteiger partial charge in [-0.2, -0.15) is 11.8 Å². The maximum atomic E-state index is 11.4. The minimum absolute atomic E-state index is 0.390. The Labute approximate surface area is 122 Å². The molecule has 2 aromatic carbocycles. The molecular weight excluding hydrogens is 272 g/mol. The van der Waals surface area contributed by atoms with Crippen LogP contribution in [0.5, 0.6) is 5.75 Å². The van der Waals surface area contributed by atoms with E-state index in [2.05, 4.69) is 16.9 Å². The van der Waals surface area contributed by atoms with Gasteiger partial charge in [0.15, 0.2) is 0 Å². The molecule has 0 amide bonds. The zero-order valence-corrected chi connectivity index (χ0v) is 12.1. The highest BCUT2D eigenvalue weighted by Gasteiger charge is 2.24. The molecule has 1 aliphatic rings. The molecule has 0 radical (unpaired) electrons. The van der Waals surface area contributed by atoms with Crippen molar-refractivity contribution in [2.75, 3.05) is 12.9 Å². The highest BCUT2D eigenvalue weighted by molar-refractivity contribution is 7.99. The quantitative estimate of drug-likeness (QED) is 0.600.